The second-order valence-corrected chi connectivity index (χ2v) is 6.52. The Morgan fingerprint density at radius 1 is 1.48 bits per heavy atom. The van der Waals surface area contributed by atoms with Gasteiger partial charge in [-0.1, -0.05) is 17.7 Å². The summed E-state index contributed by atoms with van der Waals surface area (Å²) in [5, 5.41) is 15.3. The molecule has 5 nitrogen and oxygen atoms in total. The molecule has 0 saturated heterocycles. The molecule has 1 aromatic carbocycles. The second-order valence-electron chi connectivity index (χ2n) is 6.11. The monoisotopic (exact) mass is 346 g/mol. The van der Waals surface area contributed by atoms with Crippen molar-refractivity contribution in [2.75, 3.05) is 13.7 Å². The maximum atomic E-state index is 13.3. The van der Waals surface area contributed by atoms with E-state index in [1.54, 1.807) is 7.11 Å². The Kier molecular flexibility index (Phi) is 7.25. The minimum Gasteiger partial charge on any atom is -0.387 e. The van der Waals surface area contributed by atoms with Crippen LogP contribution < -0.4 is 10.6 Å². The zero-order chi connectivity index (χ0) is 17.6. The number of aliphatic hydroxyl groups is 1. The third-order valence-electron chi connectivity index (χ3n) is 3.51. The number of carbonyl (C=O) groups is 1. The number of benzene rings is 1. The molecule has 0 aliphatic rings. The minimum atomic E-state index is -1.02. The number of aliphatic hydroxyl groups excluding tert-OH is 1. The summed E-state index contributed by atoms with van der Waals surface area (Å²) >= 11 is 5.59. The van der Waals surface area contributed by atoms with Crippen LogP contribution in [0, 0.1) is 5.82 Å². The Bertz CT molecular complexity index is 540. The zero-order valence-electron chi connectivity index (χ0n) is 13.8. The molecular weight excluding hydrogens is 323 g/mol. The summed E-state index contributed by atoms with van der Waals surface area (Å²) < 4.78 is 18.7. The zero-order valence-corrected chi connectivity index (χ0v) is 14.6. The lowest BCUT2D eigenvalue weighted by Gasteiger charge is -2.27. The first-order valence-electron chi connectivity index (χ1n) is 7.37. The Morgan fingerprint density at radius 3 is 2.70 bits per heavy atom. The number of amides is 2. The fourth-order valence-corrected chi connectivity index (χ4v) is 2.29. The number of hydrogen-bond acceptors (Lipinski definition) is 3. The maximum Gasteiger partial charge on any atom is 0.315 e. The van der Waals surface area contributed by atoms with Crippen molar-refractivity contribution in [2.45, 2.75) is 44.9 Å². The van der Waals surface area contributed by atoms with Crippen LogP contribution in [0.3, 0.4) is 0 Å². The third-order valence-corrected chi connectivity index (χ3v) is 3.82. The number of rotatable bonds is 7. The molecule has 7 heteroatoms. The molecule has 0 bridgehead atoms. The summed E-state index contributed by atoms with van der Waals surface area (Å²) in [5.41, 5.74) is 0.00770. The molecule has 0 aliphatic heterocycles. The van der Waals surface area contributed by atoms with Gasteiger partial charge in [-0.15, -0.1) is 0 Å². The molecule has 0 aromatic heterocycles. The number of urea groups is 1. The van der Waals surface area contributed by atoms with Crippen LogP contribution in [0.1, 0.15) is 38.9 Å². The number of ether oxygens (including phenoxy) is 1. The van der Waals surface area contributed by atoms with E-state index in [1.807, 2.05) is 20.8 Å². The van der Waals surface area contributed by atoms with E-state index in [1.165, 1.54) is 12.1 Å². The van der Waals surface area contributed by atoms with E-state index < -0.39 is 18.0 Å². The van der Waals surface area contributed by atoms with Crippen molar-refractivity contribution in [1.82, 2.24) is 10.6 Å². The lowest BCUT2D eigenvalue weighted by Crippen LogP contribution is -2.44. The summed E-state index contributed by atoms with van der Waals surface area (Å²) in [6, 6.07) is 3.52. The minimum absolute atomic E-state index is 0.0127. The fourth-order valence-electron chi connectivity index (χ4n) is 2.17. The topological polar surface area (TPSA) is 70.6 Å². The highest BCUT2D eigenvalue weighted by Crippen LogP contribution is 2.20. The Balaban J connectivity index is 2.44. The molecule has 0 spiro atoms. The van der Waals surface area contributed by atoms with E-state index in [0.717, 1.165) is 6.07 Å². The molecule has 0 radical (unpaired) electrons. The number of carbonyl (C=O) groups excluding carboxylic acids is 1. The highest BCUT2D eigenvalue weighted by atomic mass is 35.5. The SMILES string of the molecule is COC(C)(C)CC(C)NC(=O)NCC(O)c1ccc(Cl)c(F)c1. The Labute approximate surface area is 141 Å². The Morgan fingerprint density at radius 2 is 2.13 bits per heavy atom. The molecule has 2 atom stereocenters. The van der Waals surface area contributed by atoms with Crippen LogP contribution in [0.15, 0.2) is 18.2 Å². The van der Waals surface area contributed by atoms with Gasteiger partial charge in [-0.05, 0) is 44.9 Å². The number of methoxy groups -OCH3 is 1. The first-order chi connectivity index (χ1) is 10.6. The first-order valence-corrected chi connectivity index (χ1v) is 7.75. The first kappa shape index (κ1) is 19.7. The quantitative estimate of drug-likeness (QED) is 0.710. The molecule has 0 heterocycles. The van der Waals surface area contributed by atoms with Gasteiger partial charge in [-0.3, -0.25) is 0 Å². The van der Waals surface area contributed by atoms with Crippen LogP contribution in [0.4, 0.5) is 9.18 Å². The number of halogens is 2. The molecule has 0 fully saturated rings. The average Bonchev–Trinajstić information content (AvgIpc) is 2.47. The third kappa shape index (κ3) is 6.72. The molecule has 0 saturated carbocycles. The van der Waals surface area contributed by atoms with Crippen LogP contribution in [-0.4, -0.2) is 36.4 Å². The van der Waals surface area contributed by atoms with Gasteiger partial charge < -0.3 is 20.5 Å². The van der Waals surface area contributed by atoms with Gasteiger partial charge >= 0.3 is 6.03 Å². The van der Waals surface area contributed by atoms with Gasteiger partial charge in [0.15, 0.2) is 0 Å². The van der Waals surface area contributed by atoms with E-state index in [0.29, 0.717) is 12.0 Å². The van der Waals surface area contributed by atoms with Crippen molar-refractivity contribution in [1.29, 1.82) is 0 Å². The predicted molar refractivity (Wildman–Crippen MR) is 88.1 cm³/mol. The van der Waals surface area contributed by atoms with E-state index in [-0.39, 0.29) is 23.2 Å². The van der Waals surface area contributed by atoms with Gasteiger partial charge in [0.05, 0.1) is 16.7 Å². The van der Waals surface area contributed by atoms with Gasteiger partial charge in [-0.25, -0.2) is 9.18 Å². The van der Waals surface area contributed by atoms with Crippen molar-refractivity contribution in [3.05, 3.63) is 34.6 Å². The van der Waals surface area contributed by atoms with E-state index in [4.69, 9.17) is 16.3 Å². The maximum absolute atomic E-state index is 13.3. The van der Waals surface area contributed by atoms with Crippen LogP contribution in [0.2, 0.25) is 5.02 Å². The lowest BCUT2D eigenvalue weighted by molar-refractivity contribution is 0.00947. The van der Waals surface area contributed by atoms with Crippen molar-refractivity contribution >= 4 is 17.6 Å². The summed E-state index contributed by atoms with van der Waals surface area (Å²) in [7, 11) is 1.62. The predicted octanol–water partition coefficient (Wildman–Crippen LogP) is 3.02. The Hall–Kier alpha value is -1.37. The molecule has 0 aliphatic carbocycles. The standard InChI is InChI=1S/C16H24ClFN2O3/c1-10(8-16(2,3)23-4)20-15(22)19-9-14(21)11-5-6-12(17)13(18)7-11/h5-7,10,14,21H,8-9H2,1-4H3,(H2,19,20,22). The molecular formula is C16H24ClFN2O3. The van der Waals surface area contributed by atoms with Gasteiger partial charge in [0.25, 0.3) is 0 Å². The van der Waals surface area contributed by atoms with Gasteiger partial charge in [-0.2, -0.15) is 0 Å². The average molecular weight is 347 g/mol. The van der Waals surface area contributed by atoms with Crippen LogP contribution in [0.25, 0.3) is 0 Å². The molecule has 130 valence electrons. The number of hydrogen-bond donors (Lipinski definition) is 3. The van der Waals surface area contributed by atoms with Gasteiger partial charge in [0.2, 0.25) is 0 Å². The molecule has 1 rings (SSSR count). The molecule has 1 aromatic rings. The van der Waals surface area contributed by atoms with E-state index in [2.05, 4.69) is 10.6 Å². The van der Waals surface area contributed by atoms with Gasteiger partial charge in [0, 0.05) is 19.7 Å². The number of nitrogens with one attached hydrogen (secondary N) is 2. The molecule has 2 unspecified atom stereocenters. The van der Waals surface area contributed by atoms with Crippen LogP contribution >= 0.6 is 11.6 Å². The highest BCUT2D eigenvalue weighted by molar-refractivity contribution is 6.30. The van der Waals surface area contributed by atoms with Crippen molar-refractivity contribution in [2.24, 2.45) is 0 Å². The van der Waals surface area contributed by atoms with Crippen LogP contribution in [-0.2, 0) is 4.74 Å². The highest BCUT2D eigenvalue weighted by Gasteiger charge is 2.21. The van der Waals surface area contributed by atoms with Crippen molar-refractivity contribution in [3.8, 4) is 0 Å². The fraction of sp³-hybridized carbons (Fsp3) is 0.562. The molecule has 3 N–H and O–H groups in total. The van der Waals surface area contributed by atoms with Gasteiger partial charge in [0.1, 0.15) is 5.82 Å². The molecule has 2 amide bonds. The largest absolute Gasteiger partial charge is 0.387 e. The van der Waals surface area contributed by atoms with Crippen molar-refractivity contribution < 1.29 is 19.0 Å². The summed E-state index contributed by atoms with van der Waals surface area (Å²) in [6.07, 6.45) is -0.375. The summed E-state index contributed by atoms with van der Waals surface area (Å²) in [6.45, 7) is 5.70. The van der Waals surface area contributed by atoms with Crippen LogP contribution in [0.5, 0.6) is 0 Å². The van der Waals surface area contributed by atoms with E-state index in [9.17, 15) is 14.3 Å². The normalized spacial score (nSPS) is 14.2. The summed E-state index contributed by atoms with van der Waals surface area (Å²) in [4.78, 5) is 11.8. The summed E-state index contributed by atoms with van der Waals surface area (Å²) in [5.74, 6) is -0.608. The second kappa shape index (κ2) is 8.47. The van der Waals surface area contributed by atoms with E-state index >= 15 is 0 Å². The van der Waals surface area contributed by atoms with Crippen molar-refractivity contribution in [3.63, 3.8) is 0 Å². The molecule has 23 heavy (non-hydrogen) atoms. The lowest BCUT2D eigenvalue weighted by atomic mass is 10.00. The smallest absolute Gasteiger partial charge is 0.315 e.